The number of ketones is 1. The normalized spacial score (nSPS) is 32.3. The Morgan fingerprint density at radius 3 is 2.70 bits per heavy atom. The maximum atomic E-state index is 10.8. The zero-order valence-electron chi connectivity index (χ0n) is 5.47. The summed E-state index contributed by atoms with van der Waals surface area (Å²) < 4.78 is 0.417. The van der Waals surface area contributed by atoms with Gasteiger partial charge in [-0.3, -0.25) is 4.79 Å². The van der Waals surface area contributed by atoms with Crippen molar-refractivity contribution in [3.63, 3.8) is 0 Å². The van der Waals surface area contributed by atoms with Gasteiger partial charge in [0.15, 0.2) is 5.78 Å². The monoisotopic (exact) mass is 202 g/mol. The van der Waals surface area contributed by atoms with E-state index in [1.807, 2.05) is 0 Å². The zero-order chi connectivity index (χ0) is 7.78. The standard InChI is InChI=1S/C7H7BrO2/c1-7(10)3-2-6(9)5(8)4-7/h2-4,10H,1H3/t7-/m1/s1. The van der Waals surface area contributed by atoms with Gasteiger partial charge in [-0.05, 0) is 41.1 Å². The molecule has 0 heterocycles. The van der Waals surface area contributed by atoms with Crippen molar-refractivity contribution in [2.24, 2.45) is 0 Å². The van der Waals surface area contributed by atoms with Gasteiger partial charge in [0.1, 0.15) is 0 Å². The van der Waals surface area contributed by atoms with Crippen molar-refractivity contribution in [2.45, 2.75) is 12.5 Å². The van der Waals surface area contributed by atoms with E-state index in [9.17, 15) is 9.90 Å². The smallest absolute Gasteiger partial charge is 0.192 e. The molecular formula is C7H7BrO2. The molecule has 10 heavy (non-hydrogen) atoms. The summed E-state index contributed by atoms with van der Waals surface area (Å²) in [7, 11) is 0. The lowest BCUT2D eigenvalue weighted by molar-refractivity contribution is -0.111. The van der Waals surface area contributed by atoms with E-state index in [2.05, 4.69) is 15.9 Å². The fourth-order valence-corrected chi connectivity index (χ4v) is 1.30. The molecule has 0 aromatic rings. The van der Waals surface area contributed by atoms with Gasteiger partial charge in [-0.15, -0.1) is 0 Å². The first-order valence-electron chi connectivity index (χ1n) is 2.85. The number of rotatable bonds is 0. The van der Waals surface area contributed by atoms with Crippen molar-refractivity contribution in [1.29, 1.82) is 0 Å². The molecule has 0 bridgehead atoms. The number of aliphatic hydroxyl groups is 1. The molecule has 0 fully saturated rings. The average molecular weight is 203 g/mol. The van der Waals surface area contributed by atoms with Gasteiger partial charge in [0.2, 0.25) is 0 Å². The highest BCUT2D eigenvalue weighted by molar-refractivity contribution is 9.12. The summed E-state index contributed by atoms with van der Waals surface area (Å²) in [5.74, 6) is -0.105. The lowest BCUT2D eigenvalue weighted by atomic mass is 10.0. The van der Waals surface area contributed by atoms with Crippen LogP contribution in [0.1, 0.15) is 6.92 Å². The van der Waals surface area contributed by atoms with Gasteiger partial charge in [-0.25, -0.2) is 0 Å². The van der Waals surface area contributed by atoms with Gasteiger partial charge >= 0.3 is 0 Å². The van der Waals surface area contributed by atoms with E-state index in [1.165, 1.54) is 18.2 Å². The van der Waals surface area contributed by atoms with Crippen molar-refractivity contribution in [1.82, 2.24) is 0 Å². The Morgan fingerprint density at radius 1 is 1.70 bits per heavy atom. The fourth-order valence-electron chi connectivity index (χ4n) is 0.700. The summed E-state index contributed by atoms with van der Waals surface area (Å²) in [6, 6.07) is 0. The van der Waals surface area contributed by atoms with Crippen LogP contribution in [0.3, 0.4) is 0 Å². The second-order valence-corrected chi connectivity index (χ2v) is 3.27. The quantitative estimate of drug-likeness (QED) is 0.641. The molecule has 0 aromatic heterocycles. The predicted molar refractivity (Wildman–Crippen MR) is 41.8 cm³/mol. The van der Waals surface area contributed by atoms with Crippen LogP contribution in [-0.4, -0.2) is 16.5 Å². The molecule has 1 aliphatic carbocycles. The number of halogens is 1. The summed E-state index contributed by atoms with van der Waals surface area (Å²) >= 11 is 3.03. The van der Waals surface area contributed by atoms with Crippen LogP contribution in [0.5, 0.6) is 0 Å². The van der Waals surface area contributed by atoms with E-state index in [0.29, 0.717) is 4.48 Å². The highest BCUT2D eigenvalue weighted by Gasteiger charge is 2.20. The van der Waals surface area contributed by atoms with E-state index in [-0.39, 0.29) is 5.78 Å². The van der Waals surface area contributed by atoms with Crippen molar-refractivity contribution >= 4 is 21.7 Å². The molecule has 0 aromatic carbocycles. The van der Waals surface area contributed by atoms with Crippen LogP contribution in [0.25, 0.3) is 0 Å². The number of hydrogen-bond acceptors (Lipinski definition) is 2. The van der Waals surface area contributed by atoms with Gasteiger partial charge in [-0.2, -0.15) is 0 Å². The third kappa shape index (κ3) is 1.55. The van der Waals surface area contributed by atoms with Crippen LogP contribution in [0.4, 0.5) is 0 Å². The number of allylic oxidation sites excluding steroid dienone is 2. The van der Waals surface area contributed by atoms with Gasteiger partial charge < -0.3 is 5.11 Å². The van der Waals surface area contributed by atoms with E-state index in [4.69, 9.17) is 0 Å². The van der Waals surface area contributed by atoms with Crippen LogP contribution in [0.2, 0.25) is 0 Å². The lowest BCUT2D eigenvalue weighted by Crippen LogP contribution is -2.21. The Morgan fingerprint density at radius 2 is 2.30 bits per heavy atom. The number of carbonyl (C=O) groups excluding carboxylic acids is 1. The van der Waals surface area contributed by atoms with Crippen LogP contribution in [0.15, 0.2) is 22.7 Å². The van der Waals surface area contributed by atoms with Gasteiger partial charge in [-0.1, -0.05) is 0 Å². The van der Waals surface area contributed by atoms with Crippen LogP contribution in [-0.2, 0) is 4.79 Å². The second kappa shape index (κ2) is 2.32. The molecule has 0 unspecified atom stereocenters. The highest BCUT2D eigenvalue weighted by Crippen LogP contribution is 2.20. The molecule has 1 aliphatic rings. The maximum Gasteiger partial charge on any atom is 0.192 e. The minimum atomic E-state index is -0.979. The highest BCUT2D eigenvalue weighted by atomic mass is 79.9. The third-order valence-corrected chi connectivity index (χ3v) is 1.85. The molecule has 0 aliphatic heterocycles. The molecule has 0 radical (unpaired) electrons. The van der Waals surface area contributed by atoms with Crippen molar-refractivity contribution < 1.29 is 9.90 Å². The van der Waals surface area contributed by atoms with Crippen molar-refractivity contribution in [3.8, 4) is 0 Å². The first kappa shape index (κ1) is 7.69. The van der Waals surface area contributed by atoms with Crippen molar-refractivity contribution in [2.75, 3.05) is 0 Å². The molecular weight excluding hydrogens is 196 g/mol. The predicted octanol–water partition coefficient (Wildman–Crippen LogP) is 1.16. The molecule has 0 saturated heterocycles. The Balaban J connectivity index is 2.95. The summed E-state index contributed by atoms with van der Waals surface area (Å²) in [5, 5.41) is 9.32. The first-order valence-corrected chi connectivity index (χ1v) is 3.65. The van der Waals surface area contributed by atoms with Gasteiger partial charge in [0.25, 0.3) is 0 Å². The molecule has 54 valence electrons. The zero-order valence-corrected chi connectivity index (χ0v) is 7.05. The first-order chi connectivity index (χ1) is 4.51. The molecule has 0 saturated carbocycles. The summed E-state index contributed by atoms with van der Waals surface area (Å²) in [5.41, 5.74) is -0.979. The SMILES string of the molecule is C[C@@]1(O)C=CC(=O)C(Br)=C1. The molecule has 1 rings (SSSR count). The maximum absolute atomic E-state index is 10.8. The largest absolute Gasteiger partial charge is 0.382 e. The minimum Gasteiger partial charge on any atom is -0.382 e. The van der Waals surface area contributed by atoms with Gasteiger partial charge in [0.05, 0.1) is 10.1 Å². The topological polar surface area (TPSA) is 37.3 Å². The summed E-state index contributed by atoms with van der Waals surface area (Å²) in [6.45, 7) is 1.61. The Kier molecular flexibility index (Phi) is 1.79. The molecule has 2 nitrogen and oxygen atoms in total. The van der Waals surface area contributed by atoms with E-state index in [1.54, 1.807) is 6.92 Å². The van der Waals surface area contributed by atoms with Crippen LogP contribution < -0.4 is 0 Å². The fraction of sp³-hybridized carbons (Fsp3) is 0.286. The Hall–Kier alpha value is -0.410. The molecule has 0 spiro atoms. The minimum absolute atomic E-state index is 0.105. The summed E-state index contributed by atoms with van der Waals surface area (Å²) in [4.78, 5) is 10.8. The van der Waals surface area contributed by atoms with E-state index in [0.717, 1.165) is 0 Å². The van der Waals surface area contributed by atoms with Gasteiger partial charge in [0, 0.05) is 0 Å². The molecule has 1 N–H and O–H groups in total. The molecule has 1 atom stereocenters. The van der Waals surface area contributed by atoms with E-state index < -0.39 is 5.60 Å². The number of carbonyl (C=O) groups is 1. The van der Waals surface area contributed by atoms with E-state index >= 15 is 0 Å². The third-order valence-electron chi connectivity index (χ3n) is 1.23. The van der Waals surface area contributed by atoms with Crippen LogP contribution >= 0.6 is 15.9 Å². The molecule has 0 amide bonds. The molecule has 3 heteroatoms. The summed E-state index contributed by atoms with van der Waals surface area (Å²) in [6.07, 6.45) is 4.28. The van der Waals surface area contributed by atoms with Crippen LogP contribution in [0, 0.1) is 0 Å². The lowest BCUT2D eigenvalue weighted by Gasteiger charge is -2.16. The number of hydrogen-bond donors (Lipinski definition) is 1. The van der Waals surface area contributed by atoms with Crippen molar-refractivity contribution in [3.05, 3.63) is 22.7 Å². The Labute approximate surface area is 67.4 Å². The average Bonchev–Trinajstić information content (AvgIpc) is 1.79. The Bertz CT molecular complexity index is 226. The second-order valence-electron chi connectivity index (χ2n) is 2.42.